The third kappa shape index (κ3) is 67.0. The number of carbonyl (C=O) groups is 4. The van der Waals surface area contributed by atoms with Crippen molar-refractivity contribution < 1.29 is 80.2 Å². The van der Waals surface area contributed by atoms with Gasteiger partial charge in [0.25, 0.3) is 0 Å². The summed E-state index contributed by atoms with van der Waals surface area (Å²) < 4.78 is 68.4. The molecule has 0 aliphatic rings. The molecule has 0 aliphatic carbocycles. The summed E-state index contributed by atoms with van der Waals surface area (Å²) in [6.07, 6.45) is 50.1. The zero-order valence-electron chi connectivity index (χ0n) is 60.7. The molecule has 17 nitrogen and oxygen atoms in total. The number of phosphoric acid groups is 2. The molecule has 0 amide bonds. The van der Waals surface area contributed by atoms with E-state index < -0.39 is 97.5 Å². The van der Waals surface area contributed by atoms with E-state index in [9.17, 15) is 43.2 Å². The Morgan fingerprint density at radius 2 is 0.548 bits per heavy atom. The molecule has 0 aromatic rings. The Balaban J connectivity index is 5.18. The zero-order valence-corrected chi connectivity index (χ0v) is 62.5. The lowest BCUT2D eigenvalue weighted by Crippen LogP contribution is -2.30. The summed E-state index contributed by atoms with van der Waals surface area (Å²) in [4.78, 5) is 72.6. The number of phosphoric ester groups is 2. The Morgan fingerprint density at radius 1 is 0.312 bits per heavy atom. The number of carbonyl (C=O) groups excluding carboxylic acids is 4. The maximum Gasteiger partial charge on any atom is 0.472 e. The molecule has 93 heavy (non-hydrogen) atoms. The van der Waals surface area contributed by atoms with Gasteiger partial charge in [-0.3, -0.25) is 37.3 Å². The first-order chi connectivity index (χ1) is 44.8. The molecule has 0 saturated heterocycles. The molecule has 0 aliphatic heterocycles. The van der Waals surface area contributed by atoms with Gasteiger partial charge in [-0.15, -0.1) is 0 Å². The second kappa shape index (κ2) is 64.7. The minimum Gasteiger partial charge on any atom is -0.462 e. The van der Waals surface area contributed by atoms with Crippen molar-refractivity contribution in [3.8, 4) is 0 Å². The van der Waals surface area contributed by atoms with Gasteiger partial charge in [-0.1, -0.05) is 325 Å². The molecule has 552 valence electrons. The molecule has 0 spiro atoms. The van der Waals surface area contributed by atoms with Gasteiger partial charge in [0.05, 0.1) is 26.4 Å². The van der Waals surface area contributed by atoms with Crippen molar-refractivity contribution in [1.82, 2.24) is 0 Å². The Hall–Kier alpha value is -1.94. The number of aliphatic hydroxyl groups excluding tert-OH is 1. The normalized spacial score (nSPS) is 14.4. The molecule has 6 atom stereocenters. The van der Waals surface area contributed by atoms with Crippen LogP contribution in [-0.4, -0.2) is 96.7 Å². The number of esters is 4. The van der Waals surface area contributed by atoms with Crippen molar-refractivity contribution in [3.63, 3.8) is 0 Å². The molecule has 0 fully saturated rings. The summed E-state index contributed by atoms with van der Waals surface area (Å²) >= 11 is 0. The van der Waals surface area contributed by atoms with Crippen LogP contribution in [0.4, 0.5) is 0 Å². The average molecular weight is 1370 g/mol. The SMILES string of the molecule is CCCCCCCCCCCCCC(=O)O[C@H](COC(=O)CCCCCCCCC(C)C)COP(=O)(O)OC[C@H](O)COP(=O)(O)OC[C@@H](COC(=O)CCCCCCCCCCC(C)CC)OC(=O)CCCCCCCCCCCCCCCCCCCCC(C)C. The number of hydrogen-bond acceptors (Lipinski definition) is 15. The van der Waals surface area contributed by atoms with Gasteiger partial charge in [-0.25, -0.2) is 9.13 Å². The first-order valence-corrected chi connectivity index (χ1v) is 41.4. The molecule has 0 heterocycles. The highest BCUT2D eigenvalue weighted by Crippen LogP contribution is 2.45. The molecule has 0 aromatic heterocycles. The lowest BCUT2D eigenvalue weighted by atomic mass is 9.99. The van der Waals surface area contributed by atoms with E-state index in [0.717, 1.165) is 108 Å². The highest BCUT2D eigenvalue weighted by atomic mass is 31.2. The smallest absolute Gasteiger partial charge is 0.462 e. The van der Waals surface area contributed by atoms with Crippen LogP contribution in [0.5, 0.6) is 0 Å². The van der Waals surface area contributed by atoms with Crippen LogP contribution in [0.15, 0.2) is 0 Å². The Morgan fingerprint density at radius 3 is 0.817 bits per heavy atom. The maximum absolute atomic E-state index is 13.1. The van der Waals surface area contributed by atoms with Gasteiger partial charge in [0, 0.05) is 25.7 Å². The van der Waals surface area contributed by atoms with E-state index in [0.29, 0.717) is 31.6 Å². The van der Waals surface area contributed by atoms with Crippen molar-refractivity contribution in [3.05, 3.63) is 0 Å². The topological polar surface area (TPSA) is 237 Å². The summed E-state index contributed by atoms with van der Waals surface area (Å²) in [5.41, 5.74) is 0. The minimum absolute atomic E-state index is 0.106. The van der Waals surface area contributed by atoms with Crippen molar-refractivity contribution in [2.45, 2.75) is 394 Å². The van der Waals surface area contributed by atoms with Crippen LogP contribution in [-0.2, 0) is 65.4 Å². The summed E-state index contributed by atoms with van der Waals surface area (Å²) in [5, 5.41) is 10.6. The first kappa shape index (κ1) is 91.1. The fourth-order valence-corrected chi connectivity index (χ4v) is 12.8. The van der Waals surface area contributed by atoms with Crippen LogP contribution in [0.3, 0.4) is 0 Å². The van der Waals surface area contributed by atoms with E-state index in [-0.39, 0.29) is 25.7 Å². The molecule has 0 bridgehead atoms. The standard InChI is InChI=1S/C74H144O17P2/c1-8-10-11-12-13-14-23-27-34-43-50-57-73(78)91-70(62-85-72(77)56-49-42-37-36-39-46-53-66(5)6)64-89-93(82,83)87-60-68(75)59-86-92(80,81)88-63-69(61-84-71(76)55-48-41-33-30-29-32-40-47-54-67(7)9-2)90-74(79)58-51-44-35-28-25-22-20-18-16-15-17-19-21-24-26-31-38-45-52-65(3)4/h65-70,75H,8-64H2,1-7H3,(H,80,81)(H,82,83)/t67?,68-,69-,70-/m1/s1. The Labute approximate surface area is 568 Å². The van der Waals surface area contributed by atoms with Crippen molar-refractivity contribution in [2.75, 3.05) is 39.6 Å². The van der Waals surface area contributed by atoms with Crippen molar-refractivity contribution >= 4 is 39.5 Å². The molecule has 3 unspecified atom stereocenters. The van der Waals surface area contributed by atoms with Crippen LogP contribution >= 0.6 is 15.6 Å². The minimum atomic E-state index is -4.96. The van der Waals surface area contributed by atoms with E-state index in [4.69, 9.17) is 37.0 Å². The van der Waals surface area contributed by atoms with Gasteiger partial charge in [-0.2, -0.15) is 0 Å². The van der Waals surface area contributed by atoms with E-state index >= 15 is 0 Å². The number of ether oxygens (including phenoxy) is 4. The van der Waals surface area contributed by atoms with Crippen LogP contribution in [0, 0.1) is 17.8 Å². The van der Waals surface area contributed by atoms with Crippen LogP contribution in [0.25, 0.3) is 0 Å². The highest BCUT2D eigenvalue weighted by molar-refractivity contribution is 7.47. The second-order valence-corrected chi connectivity index (χ2v) is 30.8. The molecular formula is C74H144O17P2. The van der Waals surface area contributed by atoms with Gasteiger partial charge in [0.1, 0.15) is 19.3 Å². The average Bonchev–Trinajstić information content (AvgIpc) is 2.28. The van der Waals surface area contributed by atoms with Crippen LogP contribution < -0.4 is 0 Å². The predicted octanol–water partition coefficient (Wildman–Crippen LogP) is 21.4. The highest BCUT2D eigenvalue weighted by Gasteiger charge is 2.30. The maximum atomic E-state index is 13.1. The number of aliphatic hydroxyl groups is 1. The predicted molar refractivity (Wildman–Crippen MR) is 377 cm³/mol. The quantitative estimate of drug-likeness (QED) is 0.0222. The van der Waals surface area contributed by atoms with E-state index in [1.54, 1.807) is 0 Å². The second-order valence-electron chi connectivity index (χ2n) is 27.9. The monoisotopic (exact) mass is 1370 g/mol. The molecule has 0 radical (unpaired) electrons. The number of unbranched alkanes of at least 4 members (excludes halogenated alkanes) is 39. The van der Waals surface area contributed by atoms with Gasteiger partial charge in [-0.05, 0) is 43.4 Å². The van der Waals surface area contributed by atoms with Gasteiger partial charge in [0.2, 0.25) is 0 Å². The van der Waals surface area contributed by atoms with E-state index in [1.165, 1.54) is 180 Å². The van der Waals surface area contributed by atoms with E-state index in [1.807, 2.05) is 0 Å². The molecule has 19 heteroatoms. The third-order valence-electron chi connectivity index (χ3n) is 17.5. The molecule has 0 aromatic carbocycles. The summed E-state index contributed by atoms with van der Waals surface area (Å²) in [7, 11) is -9.90. The van der Waals surface area contributed by atoms with Crippen LogP contribution in [0.2, 0.25) is 0 Å². The van der Waals surface area contributed by atoms with E-state index in [2.05, 4.69) is 48.5 Å². The third-order valence-corrected chi connectivity index (χ3v) is 19.4. The molecule has 0 saturated carbocycles. The molecule has 0 rings (SSSR count). The fraction of sp³-hybridized carbons (Fsp3) is 0.946. The first-order valence-electron chi connectivity index (χ1n) is 38.4. The lowest BCUT2D eigenvalue weighted by Gasteiger charge is -2.21. The van der Waals surface area contributed by atoms with Gasteiger partial charge in [0.15, 0.2) is 12.2 Å². The van der Waals surface area contributed by atoms with Gasteiger partial charge < -0.3 is 33.8 Å². The summed E-state index contributed by atoms with van der Waals surface area (Å²) in [6, 6.07) is 0. The number of rotatable bonds is 72. The number of hydrogen-bond donors (Lipinski definition) is 3. The van der Waals surface area contributed by atoms with Crippen molar-refractivity contribution in [1.29, 1.82) is 0 Å². The zero-order chi connectivity index (χ0) is 68.7. The van der Waals surface area contributed by atoms with Gasteiger partial charge >= 0.3 is 39.5 Å². The van der Waals surface area contributed by atoms with Crippen molar-refractivity contribution in [2.24, 2.45) is 17.8 Å². The summed E-state index contributed by atoms with van der Waals surface area (Å²) in [6.45, 7) is 11.8. The Kier molecular flexibility index (Phi) is 63.4. The lowest BCUT2D eigenvalue weighted by molar-refractivity contribution is -0.161. The largest absolute Gasteiger partial charge is 0.472 e. The molecular weight excluding hydrogens is 1220 g/mol. The summed E-state index contributed by atoms with van der Waals surface area (Å²) in [5.74, 6) is 0.154. The fourth-order valence-electron chi connectivity index (χ4n) is 11.2. The Bertz CT molecular complexity index is 1820. The molecule has 3 N–H and O–H groups in total. The van der Waals surface area contributed by atoms with Crippen LogP contribution in [0.1, 0.15) is 376 Å².